The Morgan fingerprint density at radius 3 is 2.49 bits per heavy atom. The molecule has 3 N–H and O–H groups in total. The van der Waals surface area contributed by atoms with E-state index in [2.05, 4.69) is 5.09 Å². The van der Waals surface area contributed by atoms with Crippen LogP contribution >= 0.6 is 7.75 Å². The number of aliphatic hydroxyl groups excluding tert-OH is 1. The molecule has 12 nitrogen and oxygen atoms in total. The van der Waals surface area contributed by atoms with Gasteiger partial charge in [0.1, 0.15) is 24.0 Å². The average molecular weight is 543 g/mol. The lowest BCUT2D eigenvalue weighted by Crippen LogP contribution is -2.54. The molecule has 204 valence electrons. The van der Waals surface area contributed by atoms with Gasteiger partial charge < -0.3 is 19.1 Å². The van der Waals surface area contributed by atoms with Crippen LogP contribution in [0.1, 0.15) is 34.6 Å². The number of carbonyl (C=O) groups excluding carboxylic acids is 1. The number of hydrogen-bond acceptors (Lipinski definition) is 9. The van der Waals surface area contributed by atoms with E-state index in [1.807, 2.05) is 4.98 Å². The second-order valence-corrected chi connectivity index (χ2v) is 10.9. The second-order valence-electron chi connectivity index (χ2n) is 9.17. The van der Waals surface area contributed by atoms with Crippen molar-refractivity contribution in [1.29, 1.82) is 0 Å². The normalized spacial score (nSPS) is 28.0. The summed E-state index contributed by atoms with van der Waals surface area (Å²) in [7, 11) is -4.33. The van der Waals surface area contributed by atoms with Crippen molar-refractivity contribution in [3.63, 3.8) is 0 Å². The van der Waals surface area contributed by atoms with Gasteiger partial charge in [0.15, 0.2) is 11.4 Å². The van der Waals surface area contributed by atoms with E-state index >= 15 is 4.39 Å². The summed E-state index contributed by atoms with van der Waals surface area (Å²) in [5, 5.41) is 13.2. The van der Waals surface area contributed by atoms with Crippen molar-refractivity contribution in [2.75, 3.05) is 6.61 Å². The molecular weight excluding hydrogens is 512 g/mol. The molecular formula is C23H31FN3O9P. The van der Waals surface area contributed by atoms with E-state index in [1.54, 1.807) is 32.0 Å². The Morgan fingerprint density at radius 1 is 1.24 bits per heavy atom. The average Bonchev–Trinajstić information content (AvgIpc) is 2.98. The van der Waals surface area contributed by atoms with Crippen molar-refractivity contribution in [3.8, 4) is 5.75 Å². The van der Waals surface area contributed by atoms with Crippen LogP contribution in [0.3, 0.4) is 0 Å². The highest BCUT2D eigenvalue weighted by Crippen LogP contribution is 2.49. The lowest BCUT2D eigenvalue weighted by molar-refractivity contribution is -0.149. The van der Waals surface area contributed by atoms with Gasteiger partial charge in [-0.1, -0.05) is 18.2 Å². The molecule has 0 radical (unpaired) electrons. The lowest BCUT2D eigenvalue weighted by atomic mass is 9.90. The lowest BCUT2D eigenvalue weighted by Gasteiger charge is -2.35. The third-order valence-electron chi connectivity index (χ3n) is 5.91. The van der Waals surface area contributed by atoms with Crippen LogP contribution < -0.4 is 20.9 Å². The van der Waals surface area contributed by atoms with Crippen molar-refractivity contribution in [3.05, 3.63) is 63.4 Å². The zero-order valence-corrected chi connectivity index (χ0v) is 21.9. The number of nitrogens with zero attached hydrogens (tertiary/aromatic N) is 1. The van der Waals surface area contributed by atoms with E-state index in [1.165, 1.54) is 26.0 Å². The van der Waals surface area contributed by atoms with Crippen LogP contribution in [0.15, 0.2) is 52.2 Å². The summed E-state index contributed by atoms with van der Waals surface area (Å²) < 4.78 is 52.1. The Morgan fingerprint density at radius 2 is 1.89 bits per heavy atom. The first-order valence-electron chi connectivity index (χ1n) is 11.5. The SMILES string of the molecule is CC(C)OC(=O)[C@H](C)NP(=O)(OCC1O[C@@](C)(n2ccc(=O)[nH]c2=O)[C@](C)(F)[C@@H]1O)Oc1ccccc1. The smallest absolute Gasteiger partial charge is 0.459 e. The van der Waals surface area contributed by atoms with Gasteiger partial charge in [0, 0.05) is 12.3 Å². The number of para-hydroxylation sites is 1. The van der Waals surface area contributed by atoms with Gasteiger partial charge in [0.25, 0.3) is 5.56 Å². The standard InChI is InChI=1S/C23H31FN3O9P/c1-14(2)34-20(30)15(3)26-37(32,36-16-9-7-6-8-10-16)33-13-17-19(29)22(4,24)23(5,35-17)27-12-11-18(28)25-21(27)31/h6-12,14-15,17,19,29H,13H2,1-5H3,(H,26,32)(H,25,28,31)/t15-,17?,19+,22+,23+,37?/m0/s1. The molecule has 3 rings (SSSR count). The third kappa shape index (κ3) is 6.19. The van der Waals surface area contributed by atoms with E-state index in [9.17, 15) is 24.1 Å². The Kier molecular flexibility index (Phi) is 8.45. The molecule has 1 saturated heterocycles. The topological polar surface area (TPSA) is 158 Å². The van der Waals surface area contributed by atoms with E-state index in [-0.39, 0.29) is 5.75 Å². The predicted molar refractivity (Wildman–Crippen MR) is 130 cm³/mol. The molecule has 37 heavy (non-hydrogen) atoms. The number of aromatic nitrogens is 2. The Bertz CT molecular complexity index is 1270. The fourth-order valence-electron chi connectivity index (χ4n) is 3.77. The summed E-state index contributed by atoms with van der Waals surface area (Å²) in [6.45, 7) is 6.29. The number of nitrogens with one attached hydrogen (secondary N) is 2. The summed E-state index contributed by atoms with van der Waals surface area (Å²) in [5.41, 5.74) is -6.26. The second kappa shape index (κ2) is 10.9. The highest BCUT2D eigenvalue weighted by atomic mass is 31.2. The van der Waals surface area contributed by atoms with Crippen molar-refractivity contribution in [2.45, 2.75) is 70.4 Å². The molecule has 2 aromatic rings. The van der Waals surface area contributed by atoms with Crippen LogP contribution in [0.4, 0.5) is 4.39 Å². The molecule has 0 aliphatic carbocycles. The number of ether oxygens (including phenoxy) is 2. The largest absolute Gasteiger partial charge is 0.462 e. The minimum Gasteiger partial charge on any atom is -0.462 e. The number of aromatic amines is 1. The fourth-order valence-corrected chi connectivity index (χ4v) is 5.28. The maximum Gasteiger partial charge on any atom is 0.459 e. The van der Waals surface area contributed by atoms with Crippen LogP contribution in [-0.4, -0.2) is 57.3 Å². The van der Waals surface area contributed by atoms with E-state index in [4.69, 9.17) is 18.5 Å². The number of alkyl halides is 1. The van der Waals surface area contributed by atoms with Crippen molar-refractivity contribution in [1.82, 2.24) is 14.6 Å². The van der Waals surface area contributed by atoms with Crippen LogP contribution in [0, 0.1) is 0 Å². The third-order valence-corrected chi connectivity index (χ3v) is 7.56. The molecule has 1 aromatic heterocycles. The number of benzene rings is 1. The highest BCUT2D eigenvalue weighted by molar-refractivity contribution is 7.52. The van der Waals surface area contributed by atoms with Crippen LogP contribution in [0.2, 0.25) is 0 Å². The number of rotatable bonds is 10. The van der Waals surface area contributed by atoms with Gasteiger partial charge in [-0.2, -0.15) is 5.09 Å². The molecule has 1 aliphatic heterocycles. The van der Waals surface area contributed by atoms with Gasteiger partial charge in [0.2, 0.25) is 0 Å². The monoisotopic (exact) mass is 543 g/mol. The summed E-state index contributed by atoms with van der Waals surface area (Å²) in [6.07, 6.45) is -2.65. The number of aliphatic hydroxyl groups is 1. The Balaban J connectivity index is 1.85. The molecule has 0 amide bonds. The molecule has 1 fully saturated rings. The highest BCUT2D eigenvalue weighted by Gasteiger charge is 2.63. The van der Waals surface area contributed by atoms with Gasteiger partial charge in [-0.15, -0.1) is 0 Å². The maximum atomic E-state index is 15.8. The first kappa shape index (κ1) is 28.7. The van der Waals surface area contributed by atoms with Crippen molar-refractivity contribution in [2.24, 2.45) is 0 Å². The quantitative estimate of drug-likeness (QED) is 0.298. The van der Waals surface area contributed by atoms with Crippen LogP contribution in [0.25, 0.3) is 0 Å². The number of hydrogen-bond donors (Lipinski definition) is 3. The zero-order valence-electron chi connectivity index (χ0n) is 21.0. The minimum atomic E-state index is -4.33. The van der Waals surface area contributed by atoms with Crippen LogP contribution in [-0.2, 0) is 29.1 Å². The summed E-state index contributed by atoms with van der Waals surface area (Å²) >= 11 is 0. The van der Waals surface area contributed by atoms with E-state index in [0.717, 1.165) is 23.8 Å². The van der Waals surface area contributed by atoms with E-state index in [0.29, 0.717) is 0 Å². The van der Waals surface area contributed by atoms with Crippen LogP contribution in [0.5, 0.6) is 5.75 Å². The number of halogens is 1. The van der Waals surface area contributed by atoms with Gasteiger partial charge in [0.05, 0.1) is 12.7 Å². The first-order chi connectivity index (χ1) is 17.2. The molecule has 2 unspecified atom stereocenters. The zero-order chi connectivity index (χ0) is 27.6. The summed E-state index contributed by atoms with van der Waals surface area (Å²) in [6, 6.07) is 7.86. The molecule has 6 atom stereocenters. The molecule has 14 heteroatoms. The maximum absolute atomic E-state index is 15.8. The van der Waals surface area contributed by atoms with Gasteiger partial charge in [-0.25, -0.2) is 13.8 Å². The Labute approximate surface area is 212 Å². The minimum absolute atomic E-state index is 0.149. The molecule has 0 bridgehead atoms. The van der Waals surface area contributed by atoms with Gasteiger partial charge in [-0.05, 0) is 46.8 Å². The summed E-state index contributed by atoms with van der Waals surface area (Å²) in [5.74, 6) is -0.565. The number of H-pyrrole nitrogens is 1. The molecule has 2 heterocycles. The molecule has 0 saturated carbocycles. The molecule has 0 spiro atoms. The fraction of sp³-hybridized carbons (Fsp3) is 0.522. The van der Waals surface area contributed by atoms with Crippen molar-refractivity contribution < 1.29 is 37.4 Å². The first-order valence-corrected chi connectivity index (χ1v) is 13.1. The van der Waals surface area contributed by atoms with Gasteiger partial charge >= 0.3 is 19.4 Å². The molecule has 1 aromatic carbocycles. The summed E-state index contributed by atoms with van der Waals surface area (Å²) in [4.78, 5) is 38.1. The van der Waals surface area contributed by atoms with Gasteiger partial charge in [-0.3, -0.25) is 23.7 Å². The number of carbonyl (C=O) groups is 1. The Hall–Kier alpha value is -2.83. The van der Waals surface area contributed by atoms with E-state index < -0.39 is 67.3 Å². The number of esters is 1. The predicted octanol–water partition coefficient (Wildman–Crippen LogP) is 1.83. The molecule has 1 aliphatic rings. The van der Waals surface area contributed by atoms with Crippen molar-refractivity contribution >= 4 is 13.7 Å².